The Bertz CT molecular complexity index is 1650. The van der Waals surface area contributed by atoms with Crippen LogP contribution in [0, 0.1) is 0 Å². The van der Waals surface area contributed by atoms with Gasteiger partial charge in [0.2, 0.25) is 0 Å². The molecule has 0 radical (unpaired) electrons. The van der Waals surface area contributed by atoms with Gasteiger partial charge in [-0.25, -0.2) is 19.7 Å². The summed E-state index contributed by atoms with van der Waals surface area (Å²) in [5, 5.41) is 7.51. The van der Waals surface area contributed by atoms with Crippen molar-refractivity contribution in [3.8, 4) is 22.9 Å². The molecule has 13 nitrogen and oxygen atoms in total. The number of nitrogens with zero attached hydrogens (tertiary/aromatic N) is 8. The minimum absolute atomic E-state index is 0.0441. The average molecular weight is 575 g/mol. The van der Waals surface area contributed by atoms with Gasteiger partial charge in [-0.3, -0.25) is 9.48 Å². The maximum Gasteiger partial charge on any atom is 0.407 e. The number of benzene rings is 1. The van der Waals surface area contributed by atoms with E-state index < -0.39 is 11.7 Å². The number of rotatable bonds is 5. The molecule has 5 rings (SSSR count). The Morgan fingerprint density at radius 2 is 1.90 bits per heavy atom. The summed E-state index contributed by atoms with van der Waals surface area (Å²) in [6.07, 6.45) is 2.93. The number of aromatic nitrogens is 6. The van der Waals surface area contributed by atoms with E-state index in [4.69, 9.17) is 20.4 Å². The summed E-state index contributed by atoms with van der Waals surface area (Å²) in [4.78, 5) is 42.8. The normalized spacial score (nSPS) is 15.6. The summed E-state index contributed by atoms with van der Waals surface area (Å²) in [5.74, 6) is 0.632. The maximum absolute atomic E-state index is 12.6. The first-order valence-electron chi connectivity index (χ1n) is 13.9. The molecule has 1 fully saturated rings. The van der Waals surface area contributed by atoms with Crippen LogP contribution in [0.1, 0.15) is 44.1 Å². The summed E-state index contributed by atoms with van der Waals surface area (Å²) in [5.41, 5.74) is 10.3. The topological polar surface area (TPSA) is 149 Å². The molecule has 0 unspecified atom stereocenters. The number of alkyl carbamates (subject to hydrolysis) is 1. The number of piperidine rings is 1. The van der Waals surface area contributed by atoms with Crippen LogP contribution in [0.25, 0.3) is 33.9 Å². The molecule has 42 heavy (non-hydrogen) atoms. The number of nitrogens with two attached hydrogens (primary N) is 1. The number of anilines is 2. The summed E-state index contributed by atoms with van der Waals surface area (Å²) >= 11 is 0. The summed E-state index contributed by atoms with van der Waals surface area (Å²) in [6.45, 7) is 7.05. The highest BCUT2D eigenvalue weighted by Crippen LogP contribution is 2.34. The van der Waals surface area contributed by atoms with Crippen LogP contribution in [0.15, 0.2) is 30.5 Å². The quantitative estimate of drug-likeness (QED) is 0.366. The number of amides is 2. The molecule has 1 aliphatic rings. The van der Waals surface area contributed by atoms with E-state index >= 15 is 0 Å². The number of carbonyl (C=O) groups is 2. The Balaban J connectivity index is 1.47. The van der Waals surface area contributed by atoms with Gasteiger partial charge in [0, 0.05) is 47.3 Å². The molecule has 4 heterocycles. The second-order valence-electron chi connectivity index (χ2n) is 11.8. The van der Waals surface area contributed by atoms with Crippen LogP contribution in [0.5, 0.6) is 0 Å². The first kappa shape index (κ1) is 28.8. The van der Waals surface area contributed by atoms with E-state index in [9.17, 15) is 9.59 Å². The predicted octanol–water partition coefficient (Wildman–Crippen LogP) is 3.21. The number of hydrogen-bond donors (Lipinski definition) is 2. The molecule has 0 spiro atoms. The number of fused-ring (bicyclic) bond motifs is 1. The van der Waals surface area contributed by atoms with Gasteiger partial charge in [-0.1, -0.05) is 6.07 Å². The van der Waals surface area contributed by atoms with Gasteiger partial charge in [-0.05, 0) is 51.8 Å². The summed E-state index contributed by atoms with van der Waals surface area (Å²) < 4.78 is 8.97. The molecule has 0 bridgehead atoms. The van der Waals surface area contributed by atoms with Crippen LogP contribution in [0.4, 0.5) is 16.3 Å². The van der Waals surface area contributed by atoms with E-state index in [-0.39, 0.29) is 17.8 Å². The monoisotopic (exact) mass is 574 g/mol. The molecule has 2 amide bonds. The molecule has 3 aromatic heterocycles. The van der Waals surface area contributed by atoms with Crippen molar-refractivity contribution >= 4 is 34.5 Å². The third-order valence-electron chi connectivity index (χ3n) is 7.14. The van der Waals surface area contributed by atoms with Gasteiger partial charge >= 0.3 is 6.09 Å². The van der Waals surface area contributed by atoms with Crippen LogP contribution in [-0.4, -0.2) is 85.0 Å². The highest BCUT2D eigenvalue weighted by atomic mass is 16.6. The van der Waals surface area contributed by atoms with Gasteiger partial charge in [-0.2, -0.15) is 5.10 Å². The lowest BCUT2D eigenvalue weighted by atomic mass is 10.0. The largest absolute Gasteiger partial charge is 0.444 e. The minimum atomic E-state index is -0.556. The van der Waals surface area contributed by atoms with Crippen LogP contribution >= 0.6 is 0 Å². The van der Waals surface area contributed by atoms with Crippen molar-refractivity contribution in [3.63, 3.8) is 0 Å². The number of carbonyl (C=O) groups excluding carboxylic acids is 2. The zero-order valence-corrected chi connectivity index (χ0v) is 25.2. The van der Waals surface area contributed by atoms with Crippen molar-refractivity contribution in [2.45, 2.75) is 45.3 Å². The summed E-state index contributed by atoms with van der Waals surface area (Å²) in [6, 6.07) is 7.64. The lowest BCUT2D eigenvalue weighted by Gasteiger charge is -2.35. The second-order valence-corrected chi connectivity index (χ2v) is 11.8. The van der Waals surface area contributed by atoms with E-state index in [0.717, 1.165) is 36.1 Å². The van der Waals surface area contributed by atoms with Gasteiger partial charge in [0.05, 0.1) is 22.9 Å². The maximum atomic E-state index is 12.6. The number of hydrogen-bond acceptors (Lipinski definition) is 9. The first-order chi connectivity index (χ1) is 19.8. The van der Waals surface area contributed by atoms with Crippen LogP contribution in [0.3, 0.4) is 0 Å². The number of aryl methyl sites for hydroxylation is 2. The highest BCUT2D eigenvalue weighted by molar-refractivity contribution is 5.94. The molecule has 0 saturated carbocycles. The van der Waals surface area contributed by atoms with E-state index in [0.29, 0.717) is 35.1 Å². The van der Waals surface area contributed by atoms with Crippen molar-refractivity contribution in [2.75, 3.05) is 37.8 Å². The molecule has 1 atom stereocenters. The van der Waals surface area contributed by atoms with Gasteiger partial charge in [0.15, 0.2) is 11.6 Å². The number of imidazole rings is 1. The predicted molar refractivity (Wildman–Crippen MR) is 161 cm³/mol. The lowest BCUT2D eigenvalue weighted by molar-refractivity contribution is 0.0499. The Morgan fingerprint density at radius 1 is 1.14 bits per heavy atom. The third kappa shape index (κ3) is 5.71. The number of para-hydroxylation sites is 1. The zero-order valence-electron chi connectivity index (χ0n) is 25.2. The Hall–Kier alpha value is -4.68. The fourth-order valence-corrected chi connectivity index (χ4v) is 5.21. The first-order valence-corrected chi connectivity index (χ1v) is 13.9. The molecule has 1 aliphatic heterocycles. The van der Waals surface area contributed by atoms with Crippen molar-refractivity contribution < 1.29 is 14.3 Å². The molecular formula is C29H38N10O3. The molecule has 1 saturated heterocycles. The Morgan fingerprint density at radius 3 is 2.62 bits per heavy atom. The SMILES string of the molecule is CN(C)C(=O)c1cc(-c2cnc(N)c(-c3nc4cccc(N5CCC[C@H](NC(=O)OC(C)(C)C)C5)c4n3C)n2)nn1C. The fraction of sp³-hybridized carbons (Fsp3) is 0.448. The molecule has 222 valence electrons. The number of ether oxygens (including phenoxy) is 1. The average Bonchev–Trinajstić information content (AvgIpc) is 3.47. The smallest absolute Gasteiger partial charge is 0.407 e. The van der Waals surface area contributed by atoms with Crippen molar-refractivity contribution in [2.24, 2.45) is 14.1 Å². The number of nitrogen functional groups attached to an aromatic ring is 1. The van der Waals surface area contributed by atoms with Crippen LogP contribution in [0.2, 0.25) is 0 Å². The van der Waals surface area contributed by atoms with E-state index in [1.165, 1.54) is 9.58 Å². The molecular weight excluding hydrogens is 536 g/mol. The summed E-state index contributed by atoms with van der Waals surface area (Å²) in [7, 11) is 7.03. The molecule has 13 heteroatoms. The van der Waals surface area contributed by atoms with Crippen molar-refractivity contribution in [1.29, 1.82) is 0 Å². The molecule has 3 N–H and O–H groups in total. The Kier molecular flexibility index (Phi) is 7.52. The minimum Gasteiger partial charge on any atom is -0.444 e. The van der Waals surface area contributed by atoms with Gasteiger partial charge < -0.3 is 30.2 Å². The number of nitrogens with one attached hydrogen (secondary N) is 1. The van der Waals surface area contributed by atoms with Crippen LogP contribution < -0.4 is 16.0 Å². The molecule has 4 aromatic rings. The van der Waals surface area contributed by atoms with Gasteiger partial charge in [-0.15, -0.1) is 0 Å². The standard InChI is InChI=1S/C29H38N10O3/c1-29(2,3)42-28(41)32-17-10-9-13-39(16-17)21-12-8-11-18-24(21)37(6)26(34-18)23-25(30)31-15-20(33-23)19-14-22(38(7)35-19)27(40)36(4)5/h8,11-12,14-15,17H,9-10,13,16H2,1-7H3,(H2,30,31)(H,32,41)/t17-/m0/s1. The van der Waals surface area contributed by atoms with Gasteiger partial charge in [0.1, 0.15) is 28.4 Å². The lowest BCUT2D eigenvalue weighted by Crippen LogP contribution is -2.49. The van der Waals surface area contributed by atoms with Crippen molar-refractivity contribution in [1.82, 2.24) is 39.5 Å². The van der Waals surface area contributed by atoms with Gasteiger partial charge in [0.25, 0.3) is 5.91 Å². The van der Waals surface area contributed by atoms with E-state index in [1.807, 2.05) is 44.5 Å². The van der Waals surface area contributed by atoms with Crippen LogP contribution in [-0.2, 0) is 18.8 Å². The Labute approximate surface area is 244 Å². The molecule has 1 aromatic carbocycles. The fourth-order valence-electron chi connectivity index (χ4n) is 5.21. The van der Waals surface area contributed by atoms with E-state index in [1.54, 1.807) is 33.4 Å². The highest BCUT2D eigenvalue weighted by Gasteiger charge is 2.27. The van der Waals surface area contributed by atoms with E-state index in [2.05, 4.69) is 26.4 Å². The molecule has 0 aliphatic carbocycles. The zero-order chi connectivity index (χ0) is 30.3. The van der Waals surface area contributed by atoms with Crippen molar-refractivity contribution in [3.05, 3.63) is 36.2 Å². The second kappa shape index (κ2) is 11.0. The third-order valence-corrected chi connectivity index (χ3v) is 7.14.